The predicted molar refractivity (Wildman–Crippen MR) is 295 cm³/mol. The Hall–Kier alpha value is -7.45. The maximum Gasteiger partial charge on any atom is 0.331 e. The van der Waals surface area contributed by atoms with Crippen LogP contribution in [0.2, 0.25) is 0 Å². The minimum absolute atomic E-state index is 0.0000584. The van der Waals surface area contributed by atoms with Crippen LogP contribution in [0.3, 0.4) is 0 Å². The molecular formula is C58H74N6O13S. The second kappa shape index (κ2) is 27.2. The average Bonchev–Trinajstić information content (AvgIpc) is 3.88. The van der Waals surface area contributed by atoms with Crippen LogP contribution in [0.15, 0.2) is 91.0 Å². The van der Waals surface area contributed by atoms with Crippen LogP contribution in [0, 0.1) is 6.92 Å². The Morgan fingerprint density at radius 2 is 1.40 bits per heavy atom. The van der Waals surface area contributed by atoms with Crippen molar-refractivity contribution in [3.63, 3.8) is 0 Å². The minimum atomic E-state index is -4.35. The number of benzene rings is 4. The molecule has 420 valence electrons. The van der Waals surface area contributed by atoms with Gasteiger partial charge in [0.05, 0.1) is 0 Å². The van der Waals surface area contributed by atoms with Crippen molar-refractivity contribution in [3.8, 4) is 0 Å². The summed E-state index contributed by atoms with van der Waals surface area (Å²) in [7, 11) is -4.35. The molecule has 0 radical (unpaired) electrons. The number of carbonyl (C=O) groups is 8. The molecule has 1 fully saturated rings. The van der Waals surface area contributed by atoms with Gasteiger partial charge in [0.25, 0.3) is 16.0 Å². The molecular weight excluding hydrogens is 1020 g/mol. The molecule has 1 saturated heterocycles. The van der Waals surface area contributed by atoms with Gasteiger partial charge in [-0.1, -0.05) is 86.1 Å². The maximum absolute atomic E-state index is 14.7. The first kappa shape index (κ1) is 61.4. The summed E-state index contributed by atoms with van der Waals surface area (Å²) in [6.45, 7) is 14.3. The molecule has 5 rings (SSSR count). The number of aryl methyl sites for hydroxylation is 1. The van der Waals surface area contributed by atoms with Gasteiger partial charge in [-0.25, -0.2) is 4.79 Å². The Morgan fingerprint density at radius 1 is 0.756 bits per heavy atom. The summed E-state index contributed by atoms with van der Waals surface area (Å²) in [4.78, 5) is 111. The number of hydrogen-bond donors (Lipinski definition) is 7. The van der Waals surface area contributed by atoms with Crippen LogP contribution in [-0.2, 0) is 67.0 Å². The van der Waals surface area contributed by atoms with Crippen LogP contribution in [0.25, 0.3) is 16.8 Å². The number of amides is 6. The first-order valence-corrected chi connectivity index (χ1v) is 27.8. The molecule has 0 aliphatic carbocycles. The summed E-state index contributed by atoms with van der Waals surface area (Å²) in [6, 6.07) is 17.9. The lowest BCUT2D eigenvalue weighted by Gasteiger charge is -2.31. The normalized spacial score (nSPS) is 15.4. The number of likely N-dealkylation sites (tertiary alicyclic amines) is 1. The van der Waals surface area contributed by atoms with Gasteiger partial charge in [0.15, 0.2) is 0 Å². The number of nitrogens with one attached hydrogen (secondary N) is 5. The number of carbonyl (C=O) groups excluding carboxylic acids is 7. The highest BCUT2D eigenvalue weighted by Gasteiger charge is 2.40. The van der Waals surface area contributed by atoms with E-state index < -0.39 is 105 Å². The minimum Gasteiger partial charge on any atom is -0.481 e. The van der Waals surface area contributed by atoms with E-state index in [1.807, 2.05) is 49.4 Å². The molecule has 1 aliphatic heterocycles. The lowest BCUT2D eigenvalue weighted by molar-refractivity contribution is -0.148. The van der Waals surface area contributed by atoms with E-state index in [9.17, 15) is 56.4 Å². The standard InChI is InChI=1S/C58H74N6O13S/c1-9-15-45(60-52(69)46(32-37-24-26-38(27-25-37)35-78(74,75)76)61-51(68)42-28-23-36(2)40(33-42)29-30-50(67)77-58(6,7)8)56(73)64-31-14-21-48(64)55(72)62-47(34-41-18-12-17-39-16-10-11-19-43(39)41)53(70)59-44(20-13-22-49(65)66)54(71)63-57(3,4)5/h10-12,16-19,23-30,33,44-48H,9,13-15,20-22,31-32,34-35H2,1-8H3,(H,59,70)(H,60,69)(H,61,68)(H,62,72)(H,63,71)(H,65,66)(H,74,75,76)/b30-29+/t44-,45-,46-,47-,48-/m0/s1. The molecule has 6 amide bonds. The number of carboxylic acid groups (broad SMARTS) is 1. The predicted octanol–water partition coefficient (Wildman–Crippen LogP) is 5.89. The highest BCUT2D eigenvalue weighted by molar-refractivity contribution is 7.85. The van der Waals surface area contributed by atoms with E-state index in [-0.39, 0.29) is 62.6 Å². The smallest absolute Gasteiger partial charge is 0.331 e. The van der Waals surface area contributed by atoms with E-state index in [4.69, 9.17) is 4.74 Å². The molecule has 78 heavy (non-hydrogen) atoms. The Labute approximate surface area is 456 Å². The van der Waals surface area contributed by atoms with Crippen LogP contribution in [0.4, 0.5) is 0 Å². The highest BCUT2D eigenvalue weighted by atomic mass is 32.2. The van der Waals surface area contributed by atoms with Gasteiger partial charge in [0.2, 0.25) is 29.5 Å². The van der Waals surface area contributed by atoms with Crippen LogP contribution in [0.1, 0.15) is 132 Å². The van der Waals surface area contributed by atoms with Crippen molar-refractivity contribution in [2.45, 2.75) is 160 Å². The molecule has 20 heteroatoms. The molecule has 0 spiro atoms. The summed E-state index contributed by atoms with van der Waals surface area (Å²) in [5, 5.41) is 25.2. The van der Waals surface area contributed by atoms with E-state index in [1.54, 1.807) is 78.8 Å². The number of hydrogen-bond acceptors (Lipinski definition) is 11. The van der Waals surface area contributed by atoms with Crippen molar-refractivity contribution in [3.05, 3.63) is 124 Å². The molecule has 4 aromatic carbocycles. The fraction of sp³-hybridized carbons (Fsp3) is 0.448. The van der Waals surface area contributed by atoms with Gasteiger partial charge in [0, 0.05) is 43.0 Å². The van der Waals surface area contributed by atoms with Crippen molar-refractivity contribution in [1.29, 1.82) is 0 Å². The number of carboxylic acids is 1. The van der Waals surface area contributed by atoms with Gasteiger partial charge in [-0.15, -0.1) is 0 Å². The summed E-state index contributed by atoms with van der Waals surface area (Å²) >= 11 is 0. The second-order valence-electron chi connectivity index (χ2n) is 21.7. The third-order valence-corrected chi connectivity index (χ3v) is 13.5. The number of aliphatic carboxylic acids is 1. The van der Waals surface area contributed by atoms with Crippen LogP contribution in [0.5, 0.6) is 0 Å². The number of ether oxygens (including phenoxy) is 1. The second-order valence-corrected chi connectivity index (χ2v) is 23.2. The molecule has 1 heterocycles. The van der Waals surface area contributed by atoms with Crippen molar-refractivity contribution in [2.75, 3.05) is 6.54 Å². The molecule has 5 atom stereocenters. The summed E-state index contributed by atoms with van der Waals surface area (Å²) < 4.78 is 38.0. The molecule has 4 aromatic rings. The number of esters is 1. The van der Waals surface area contributed by atoms with Gasteiger partial charge >= 0.3 is 11.9 Å². The maximum atomic E-state index is 14.7. The quantitative estimate of drug-likeness (QED) is 0.0245. The average molecular weight is 1100 g/mol. The largest absolute Gasteiger partial charge is 0.481 e. The SMILES string of the molecule is CCC[C@H](NC(=O)[C@H](Cc1ccc(CS(=O)(=O)O)cc1)NC(=O)c1ccc(C)c(/C=C/C(=O)OC(C)(C)C)c1)C(=O)N1CCC[C@H]1C(=O)N[C@@H](Cc1cccc2ccccc12)C(=O)N[C@@H](CCCC(=O)O)C(=O)NC(C)(C)C. The zero-order valence-electron chi connectivity index (χ0n) is 45.6. The molecule has 1 aliphatic rings. The van der Waals surface area contributed by atoms with E-state index in [0.717, 1.165) is 16.3 Å². The monoisotopic (exact) mass is 1090 g/mol. The van der Waals surface area contributed by atoms with Crippen LogP contribution in [-0.4, -0.2) is 118 Å². The van der Waals surface area contributed by atoms with Crippen molar-refractivity contribution >= 4 is 74.3 Å². The number of fused-ring (bicyclic) bond motifs is 1. The van der Waals surface area contributed by atoms with Crippen molar-refractivity contribution in [2.24, 2.45) is 0 Å². The first-order valence-electron chi connectivity index (χ1n) is 26.2. The zero-order valence-corrected chi connectivity index (χ0v) is 46.5. The Balaban J connectivity index is 1.41. The lowest BCUT2D eigenvalue weighted by atomic mass is 9.97. The molecule has 19 nitrogen and oxygen atoms in total. The summed E-state index contributed by atoms with van der Waals surface area (Å²) in [5.41, 5.74) is 1.48. The van der Waals surface area contributed by atoms with Crippen LogP contribution >= 0.6 is 0 Å². The molecule has 0 saturated carbocycles. The molecule has 0 unspecified atom stereocenters. The third kappa shape index (κ3) is 19.2. The van der Waals surface area contributed by atoms with Gasteiger partial charge < -0.3 is 41.3 Å². The van der Waals surface area contributed by atoms with Gasteiger partial charge in [-0.3, -0.25) is 38.1 Å². The van der Waals surface area contributed by atoms with E-state index in [2.05, 4.69) is 26.6 Å². The van der Waals surface area contributed by atoms with E-state index >= 15 is 0 Å². The van der Waals surface area contributed by atoms with Gasteiger partial charge in [-0.05, 0) is 137 Å². The Bertz CT molecular complexity index is 2980. The molecule has 7 N–H and O–H groups in total. The fourth-order valence-electron chi connectivity index (χ4n) is 9.07. The van der Waals surface area contributed by atoms with Gasteiger partial charge in [0.1, 0.15) is 41.6 Å². The Kier molecular flexibility index (Phi) is 21.4. The highest BCUT2D eigenvalue weighted by Crippen LogP contribution is 2.24. The zero-order chi connectivity index (χ0) is 57.5. The molecule has 0 aromatic heterocycles. The lowest BCUT2D eigenvalue weighted by Crippen LogP contribution is -2.59. The Morgan fingerprint density at radius 3 is 2.04 bits per heavy atom. The van der Waals surface area contributed by atoms with Crippen molar-refractivity contribution in [1.82, 2.24) is 31.5 Å². The van der Waals surface area contributed by atoms with Crippen molar-refractivity contribution < 1.29 is 61.2 Å². The number of rotatable bonds is 24. The summed E-state index contributed by atoms with van der Waals surface area (Å²) in [6.07, 6.45) is 3.65. The number of nitrogens with zero attached hydrogens (tertiary/aromatic N) is 1. The fourth-order valence-corrected chi connectivity index (χ4v) is 9.68. The van der Waals surface area contributed by atoms with Crippen LogP contribution < -0.4 is 26.6 Å². The topological polar surface area (TPSA) is 284 Å². The van der Waals surface area contributed by atoms with E-state index in [1.165, 1.54) is 29.2 Å². The molecule has 0 bridgehead atoms. The first-order chi connectivity index (χ1) is 36.6. The van der Waals surface area contributed by atoms with E-state index in [0.29, 0.717) is 29.5 Å². The third-order valence-electron chi connectivity index (χ3n) is 12.8. The summed E-state index contributed by atoms with van der Waals surface area (Å²) in [5.74, 6) is -6.15. The van der Waals surface area contributed by atoms with Gasteiger partial charge in [-0.2, -0.15) is 8.42 Å².